The predicted molar refractivity (Wildman–Crippen MR) is 113 cm³/mol. The molecule has 0 aliphatic carbocycles. The first kappa shape index (κ1) is 18.5. The molecule has 6 nitrogen and oxygen atoms in total. The molecule has 152 valence electrons. The van der Waals surface area contributed by atoms with E-state index in [2.05, 4.69) is 0 Å². The van der Waals surface area contributed by atoms with E-state index in [1.807, 2.05) is 33.8 Å². The first-order valence-corrected chi connectivity index (χ1v) is 9.74. The summed E-state index contributed by atoms with van der Waals surface area (Å²) in [5, 5.41) is 12.1. The summed E-state index contributed by atoms with van der Waals surface area (Å²) in [6.07, 6.45) is 0. The second-order valence-electron chi connectivity index (χ2n) is 8.01. The van der Waals surface area contributed by atoms with Crippen molar-refractivity contribution in [1.29, 1.82) is 0 Å². The van der Waals surface area contributed by atoms with Crippen molar-refractivity contribution in [3.8, 4) is 11.5 Å². The van der Waals surface area contributed by atoms with Gasteiger partial charge < -0.3 is 18.7 Å². The standard InChI is InChI=1S/C24H20O6/c1-10-5-14-17(7-12(10)3)29-23(26)19(21(14)25)16-9-28-22-15-6-11(2)13(4)8-18(15)30-24(27)20(16)22/h5-8,16,25H,9H2,1-4H3. The van der Waals surface area contributed by atoms with Gasteiger partial charge in [0.2, 0.25) is 0 Å². The van der Waals surface area contributed by atoms with Gasteiger partial charge in [-0.3, -0.25) is 0 Å². The van der Waals surface area contributed by atoms with Gasteiger partial charge in [-0.1, -0.05) is 0 Å². The highest BCUT2D eigenvalue weighted by molar-refractivity contribution is 5.88. The van der Waals surface area contributed by atoms with E-state index in [0.29, 0.717) is 27.7 Å². The van der Waals surface area contributed by atoms with Gasteiger partial charge in [-0.15, -0.1) is 0 Å². The minimum Gasteiger partial charge on any atom is -0.507 e. The van der Waals surface area contributed by atoms with Gasteiger partial charge in [0, 0.05) is 0 Å². The number of rotatable bonds is 1. The van der Waals surface area contributed by atoms with Gasteiger partial charge in [-0.2, -0.15) is 0 Å². The van der Waals surface area contributed by atoms with Crippen LogP contribution in [0.2, 0.25) is 0 Å². The normalized spacial score (nSPS) is 15.5. The van der Waals surface area contributed by atoms with Gasteiger partial charge in [0.15, 0.2) is 0 Å². The van der Waals surface area contributed by atoms with Crippen LogP contribution < -0.4 is 16.0 Å². The molecule has 1 atom stereocenters. The Morgan fingerprint density at radius 2 is 1.27 bits per heavy atom. The zero-order valence-electron chi connectivity index (χ0n) is 17.1. The lowest BCUT2D eigenvalue weighted by molar-refractivity contribution is 0.339. The van der Waals surface area contributed by atoms with Gasteiger partial charge in [-0.05, 0) is 74.2 Å². The molecule has 2 aromatic heterocycles. The molecule has 0 radical (unpaired) electrons. The molecule has 2 aromatic carbocycles. The number of hydrogen-bond donors (Lipinski definition) is 1. The van der Waals surface area contributed by atoms with E-state index >= 15 is 0 Å². The van der Waals surface area contributed by atoms with Crippen molar-refractivity contribution >= 4 is 21.9 Å². The number of ether oxygens (including phenoxy) is 1. The lowest BCUT2D eigenvalue weighted by Crippen LogP contribution is -2.19. The number of benzene rings is 2. The quantitative estimate of drug-likeness (QED) is 0.474. The van der Waals surface area contributed by atoms with Crippen LogP contribution >= 0.6 is 0 Å². The van der Waals surface area contributed by atoms with Gasteiger partial charge in [0.1, 0.15) is 22.7 Å². The summed E-state index contributed by atoms with van der Waals surface area (Å²) in [4.78, 5) is 25.6. The van der Waals surface area contributed by atoms with Crippen molar-refractivity contribution in [2.45, 2.75) is 33.6 Å². The molecule has 1 N–H and O–H groups in total. The molecule has 1 aliphatic rings. The van der Waals surface area contributed by atoms with E-state index < -0.39 is 17.2 Å². The molecular formula is C24H20O6. The molecule has 0 saturated carbocycles. The molecule has 1 unspecified atom stereocenters. The molecule has 5 rings (SSSR count). The summed E-state index contributed by atoms with van der Waals surface area (Å²) >= 11 is 0. The van der Waals surface area contributed by atoms with E-state index in [1.54, 1.807) is 18.2 Å². The first-order chi connectivity index (χ1) is 14.3. The Balaban J connectivity index is 1.79. The molecular weight excluding hydrogens is 384 g/mol. The van der Waals surface area contributed by atoms with E-state index in [9.17, 15) is 14.7 Å². The largest absolute Gasteiger partial charge is 0.507 e. The SMILES string of the molecule is Cc1cc2oc(=O)c(C3COc4c3c(=O)oc3cc(C)c(C)cc43)c(O)c2cc1C. The Morgan fingerprint density at radius 1 is 0.767 bits per heavy atom. The first-order valence-electron chi connectivity index (χ1n) is 9.74. The zero-order valence-corrected chi connectivity index (χ0v) is 17.1. The van der Waals surface area contributed by atoms with E-state index in [0.717, 1.165) is 22.3 Å². The lowest BCUT2D eigenvalue weighted by Gasteiger charge is -2.12. The highest BCUT2D eigenvalue weighted by Gasteiger charge is 2.36. The van der Waals surface area contributed by atoms with Crippen molar-refractivity contribution < 1.29 is 18.7 Å². The van der Waals surface area contributed by atoms with Crippen LogP contribution in [0.5, 0.6) is 11.5 Å². The monoisotopic (exact) mass is 404 g/mol. The van der Waals surface area contributed by atoms with Crippen molar-refractivity contribution in [2.75, 3.05) is 6.61 Å². The smallest absolute Gasteiger partial charge is 0.344 e. The summed E-state index contributed by atoms with van der Waals surface area (Å²) in [7, 11) is 0. The second kappa shape index (κ2) is 6.23. The fourth-order valence-electron chi connectivity index (χ4n) is 4.14. The molecule has 0 saturated heterocycles. The van der Waals surface area contributed by atoms with E-state index in [4.69, 9.17) is 13.6 Å². The number of aryl methyl sites for hydroxylation is 4. The Labute approximate surface area is 171 Å². The molecule has 0 spiro atoms. The fraction of sp³-hybridized carbons (Fsp3) is 0.250. The third-order valence-electron chi connectivity index (χ3n) is 6.13. The zero-order chi connectivity index (χ0) is 21.3. The molecule has 0 amide bonds. The van der Waals surface area contributed by atoms with E-state index in [-0.39, 0.29) is 23.5 Å². The average molecular weight is 404 g/mol. The van der Waals surface area contributed by atoms with Crippen LogP contribution in [0.25, 0.3) is 21.9 Å². The van der Waals surface area contributed by atoms with Gasteiger partial charge >= 0.3 is 11.3 Å². The molecule has 3 heterocycles. The van der Waals surface area contributed by atoms with E-state index in [1.165, 1.54) is 0 Å². The highest BCUT2D eigenvalue weighted by Crippen LogP contribution is 2.43. The van der Waals surface area contributed by atoms with Crippen LogP contribution in [0.1, 0.15) is 39.3 Å². The topological polar surface area (TPSA) is 89.9 Å². The van der Waals surface area contributed by atoms with Crippen LogP contribution in [-0.4, -0.2) is 11.7 Å². The molecule has 6 heteroatoms. The van der Waals surface area contributed by atoms with Crippen molar-refractivity contribution in [3.05, 3.63) is 78.5 Å². The third kappa shape index (κ3) is 2.49. The van der Waals surface area contributed by atoms with Crippen LogP contribution in [0.3, 0.4) is 0 Å². The predicted octanol–water partition coefficient (Wildman–Crippen LogP) is 4.36. The van der Waals surface area contributed by atoms with Crippen LogP contribution in [0.4, 0.5) is 0 Å². The highest BCUT2D eigenvalue weighted by atomic mass is 16.5. The second-order valence-corrected chi connectivity index (χ2v) is 8.01. The molecule has 30 heavy (non-hydrogen) atoms. The minimum absolute atomic E-state index is 0.0139. The fourth-order valence-corrected chi connectivity index (χ4v) is 4.14. The van der Waals surface area contributed by atoms with Crippen molar-refractivity contribution in [3.63, 3.8) is 0 Å². The van der Waals surface area contributed by atoms with Gasteiger partial charge in [-0.25, -0.2) is 9.59 Å². The number of fused-ring (bicyclic) bond motifs is 4. The van der Waals surface area contributed by atoms with Crippen molar-refractivity contribution in [2.24, 2.45) is 0 Å². The summed E-state index contributed by atoms with van der Waals surface area (Å²) < 4.78 is 16.9. The maximum absolute atomic E-state index is 12.8. The van der Waals surface area contributed by atoms with Crippen LogP contribution in [-0.2, 0) is 0 Å². The number of aromatic hydroxyl groups is 1. The van der Waals surface area contributed by atoms with Gasteiger partial charge in [0.25, 0.3) is 0 Å². The maximum atomic E-state index is 12.8. The van der Waals surface area contributed by atoms with Crippen molar-refractivity contribution in [1.82, 2.24) is 0 Å². The molecule has 0 bridgehead atoms. The van der Waals surface area contributed by atoms with Crippen LogP contribution in [0.15, 0.2) is 42.7 Å². The molecule has 4 aromatic rings. The summed E-state index contributed by atoms with van der Waals surface area (Å²) in [5.41, 5.74) is 3.65. The van der Waals surface area contributed by atoms with Gasteiger partial charge in [0.05, 0.1) is 34.4 Å². The summed E-state index contributed by atoms with van der Waals surface area (Å²) in [6.45, 7) is 7.76. The molecule has 1 aliphatic heterocycles. The Bertz CT molecular complexity index is 1490. The number of hydrogen-bond acceptors (Lipinski definition) is 6. The maximum Gasteiger partial charge on any atom is 0.344 e. The average Bonchev–Trinajstić information content (AvgIpc) is 3.11. The molecule has 0 fully saturated rings. The summed E-state index contributed by atoms with van der Waals surface area (Å²) in [6, 6.07) is 7.21. The Morgan fingerprint density at radius 3 is 1.90 bits per heavy atom. The Kier molecular flexibility index (Phi) is 3.84. The Hall–Kier alpha value is -3.54. The minimum atomic E-state index is -0.774. The summed E-state index contributed by atoms with van der Waals surface area (Å²) in [5.74, 6) is -0.566. The van der Waals surface area contributed by atoms with Crippen LogP contribution in [0, 0.1) is 27.7 Å². The third-order valence-corrected chi connectivity index (χ3v) is 6.13. The lowest BCUT2D eigenvalue weighted by atomic mass is 9.92.